The van der Waals surface area contributed by atoms with Crippen LogP contribution < -0.4 is 46.4 Å². The van der Waals surface area contributed by atoms with Gasteiger partial charge in [-0.3, -0.25) is 0 Å². The fraction of sp³-hybridized carbons (Fsp3) is 0.350. The Balaban J connectivity index is 0.000000234. The van der Waals surface area contributed by atoms with E-state index < -0.39 is 10.0 Å². The normalized spacial score (nSPS) is 16.9. The molecular formula is C40H51ClN10O6S3. The van der Waals surface area contributed by atoms with E-state index in [-0.39, 0.29) is 31.0 Å². The van der Waals surface area contributed by atoms with Crippen LogP contribution in [0.1, 0.15) is 60.3 Å². The van der Waals surface area contributed by atoms with Gasteiger partial charge in [-0.25, -0.2) is 28.4 Å². The van der Waals surface area contributed by atoms with Gasteiger partial charge in [-0.2, -0.15) is 4.31 Å². The topological polar surface area (TPSA) is 213 Å². The van der Waals surface area contributed by atoms with Crippen molar-refractivity contribution in [3.8, 4) is 23.0 Å². The SMILES string of the molecule is COc1cccc(OC)c1CN=C(N)Nc1nc(C2CCCN2)cs1.COc1cccc(OC)c1CN=C(N)Nc1nc(C2CCCN2S(=O)(=O)c2ccccc2)cs1.Cl. The van der Waals surface area contributed by atoms with Crippen molar-refractivity contribution >= 4 is 67.3 Å². The molecular weight excluding hydrogens is 848 g/mol. The molecule has 2 unspecified atom stereocenters. The number of aromatic nitrogens is 2. The maximum atomic E-state index is 13.2. The molecule has 2 aromatic heterocycles. The van der Waals surface area contributed by atoms with Crippen molar-refractivity contribution in [2.45, 2.75) is 55.8 Å². The van der Waals surface area contributed by atoms with Crippen LogP contribution in [0, 0.1) is 0 Å². The summed E-state index contributed by atoms with van der Waals surface area (Å²) in [4.78, 5) is 18.3. The summed E-state index contributed by atoms with van der Waals surface area (Å²) in [7, 11) is 2.83. The van der Waals surface area contributed by atoms with Crippen molar-refractivity contribution in [1.82, 2.24) is 19.6 Å². The molecule has 2 aliphatic heterocycles. The van der Waals surface area contributed by atoms with Gasteiger partial charge in [0, 0.05) is 17.3 Å². The Bertz CT molecular complexity index is 2280. The van der Waals surface area contributed by atoms with Crippen molar-refractivity contribution in [2.24, 2.45) is 21.5 Å². The highest BCUT2D eigenvalue weighted by Crippen LogP contribution is 2.38. The van der Waals surface area contributed by atoms with E-state index in [0.717, 1.165) is 52.8 Å². The zero-order valence-electron chi connectivity index (χ0n) is 33.8. The second-order valence-electron chi connectivity index (χ2n) is 13.3. The summed E-state index contributed by atoms with van der Waals surface area (Å²) < 4.78 is 49.4. The van der Waals surface area contributed by atoms with Crippen molar-refractivity contribution < 1.29 is 27.4 Å². The summed E-state index contributed by atoms with van der Waals surface area (Å²) in [5.74, 6) is 3.27. The second kappa shape index (κ2) is 21.9. The Morgan fingerprint density at radius 2 is 1.25 bits per heavy atom. The molecule has 2 atom stereocenters. The Labute approximate surface area is 364 Å². The standard InChI is InChI=1S/C23H27N5O4S2.C17H23N5O2S.ClH/c1-31-20-11-6-12-21(32-2)17(20)14-25-22(24)27-23-26-18(15-33-23)19-10-7-13-28(19)34(29,30)16-8-4-3-5-9-16;1-23-14-6-3-7-15(24-2)11(14)9-20-16(18)22-17-21-13(10-25-17)12-5-4-8-19-12;/h3-6,8-9,11-12,15,19H,7,10,13-14H2,1-2H3,(H3,24,25,26,27);3,6-7,10,12,19H,4-5,8-9H2,1-2H3,(H3,18,20,21,22);1H. The average molecular weight is 900 g/mol. The Kier molecular flexibility index (Phi) is 16.7. The van der Waals surface area contributed by atoms with Gasteiger partial charge in [-0.1, -0.05) is 30.3 Å². The lowest BCUT2D eigenvalue weighted by atomic mass is 10.2. The van der Waals surface area contributed by atoms with Crippen LogP contribution in [0.3, 0.4) is 0 Å². The third-order valence-corrected chi connectivity index (χ3v) is 13.2. The number of hydrogen-bond acceptors (Lipinski definition) is 13. The number of nitrogens with zero attached hydrogens (tertiary/aromatic N) is 5. The highest BCUT2D eigenvalue weighted by atomic mass is 35.5. The van der Waals surface area contributed by atoms with Gasteiger partial charge in [0.15, 0.2) is 22.2 Å². The maximum Gasteiger partial charge on any atom is 0.243 e. The number of benzene rings is 3. The number of halogens is 1. The third-order valence-electron chi connectivity index (χ3n) is 9.70. The number of sulfonamides is 1. The van der Waals surface area contributed by atoms with E-state index >= 15 is 0 Å². The molecule has 2 fully saturated rings. The minimum atomic E-state index is -3.60. The van der Waals surface area contributed by atoms with Crippen LogP contribution in [0.2, 0.25) is 0 Å². The molecule has 2 aliphatic rings. The first-order valence-electron chi connectivity index (χ1n) is 18.9. The van der Waals surface area contributed by atoms with Crippen molar-refractivity contribution in [3.05, 3.63) is 100 Å². The Morgan fingerprint density at radius 1 is 0.750 bits per heavy atom. The van der Waals surface area contributed by atoms with Crippen molar-refractivity contribution in [3.63, 3.8) is 0 Å². The molecule has 60 heavy (non-hydrogen) atoms. The number of thiazole rings is 2. The minimum Gasteiger partial charge on any atom is -0.496 e. The molecule has 16 nitrogen and oxygen atoms in total. The highest BCUT2D eigenvalue weighted by molar-refractivity contribution is 7.89. The predicted molar refractivity (Wildman–Crippen MR) is 241 cm³/mol. The molecule has 4 heterocycles. The van der Waals surface area contributed by atoms with Gasteiger partial charge in [-0.05, 0) is 68.6 Å². The van der Waals surface area contributed by atoms with Gasteiger partial charge >= 0.3 is 0 Å². The fourth-order valence-corrected chi connectivity index (χ4v) is 10.0. The fourth-order valence-electron chi connectivity index (χ4n) is 6.78. The number of methoxy groups -OCH3 is 4. The molecule has 2 saturated heterocycles. The summed E-state index contributed by atoms with van der Waals surface area (Å²) in [6, 6.07) is 19.7. The number of nitrogens with two attached hydrogens (primary N) is 2. The first-order chi connectivity index (χ1) is 28.6. The Morgan fingerprint density at radius 3 is 1.73 bits per heavy atom. The molecule has 3 aromatic carbocycles. The lowest BCUT2D eigenvalue weighted by Gasteiger charge is -2.22. The van der Waals surface area contributed by atoms with Gasteiger partial charge in [0.05, 0.1) is 81.0 Å². The van der Waals surface area contributed by atoms with E-state index in [1.807, 2.05) is 41.8 Å². The van der Waals surface area contributed by atoms with Gasteiger partial charge in [0.25, 0.3) is 0 Å². The molecule has 5 aromatic rings. The first kappa shape index (κ1) is 45.9. The van der Waals surface area contributed by atoms with Crippen molar-refractivity contribution in [1.29, 1.82) is 0 Å². The molecule has 0 amide bonds. The van der Waals surface area contributed by atoms with E-state index in [1.54, 1.807) is 58.8 Å². The molecule has 0 bridgehead atoms. The van der Waals surface area contributed by atoms with Crippen molar-refractivity contribution in [2.75, 3.05) is 52.2 Å². The monoisotopic (exact) mass is 898 g/mol. The molecule has 322 valence electrons. The van der Waals surface area contributed by atoms with Crippen LogP contribution in [0.5, 0.6) is 23.0 Å². The van der Waals surface area contributed by atoms with E-state index in [4.69, 9.17) is 30.4 Å². The van der Waals surface area contributed by atoms with Crippen LogP contribution in [0.4, 0.5) is 10.3 Å². The second-order valence-corrected chi connectivity index (χ2v) is 16.9. The largest absolute Gasteiger partial charge is 0.496 e. The smallest absolute Gasteiger partial charge is 0.243 e. The number of rotatable bonds is 14. The summed E-state index contributed by atoms with van der Waals surface area (Å²) in [5, 5.41) is 14.7. The van der Waals surface area contributed by atoms with Gasteiger partial charge in [0.2, 0.25) is 10.0 Å². The van der Waals surface area contributed by atoms with E-state index in [9.17, 15) is 8.42 Å². The van der Waals surface area contributed by atoms with Gasteiger partial charge in [0.1, 0.15) is 23.0 Å². The summed E-state index contributed by atoms with van der Waals surface area (Å²) >= 11 is 2.89. The van der Waals surface area contributed by atoms with E-state index in [1.165, 1.54) is 33.4 Å². The zero-order valence-corrected chi connectivity index (χ0v) is 37.1. The summed E-state index contributed by atoms with van der Waals surface area (Å²) in [6.07, 6.45) is 3.81. The van der Waals surface area contributed by atoms with E-state index in [0.29, 0.717) is 58.7 Å². The number of ether oxygens (including phenoxy) is 4. The lowest BCUT2D eigenvalue weighted by molar-refractivity contribution is 0.385. The van der Waals surface area contributed by atoms with Gasteiger partial charge < -0.3 is 46.4 Å². The molecule has 0 saturated carbocycles. The molecule has 7 rings (SSSR count). The molecule has 0 aliphatic carbocycles. The highest BCUT2D eigenvalue weighted by Gasteiger charge is 2.37. The summed E-state index contributed by atoms with van der Waals surface area (Å²) in [6.45, 7) is 2.13. The maximum absolute atomic E-state index is 13.2. The Hall–Kier alpha value is -5.18. The predicted octanol–water partition coefficient (Wildman–Crippen LogP) is 6.55. The van der Waals surface area contributed by atoms with Crippen LogP contribution in [-0.4, -0.2) is 76.1 Å². The first-order valence-corrected chi connectivity index (χ1v) is 22.1. The lowest BCUT2D eigenvalue weighted by Crippen LogP contribution is -2.31. The quantitative estimate of drug-likeness (QED) is 0.0592. The molecule has 0 radical (unpaired) electrons. The zero-order chi connectivity index (χ0) is 41.8. The molecule has 0 spiro atoms. The molecule has 7 N–H and O–H groups in total. The number of guanidine groups is 2. The van der Waals surface area contributed by atoms with E-state index in [2.05, 4.69) is 41.3 Å². The summed E-state index contributed by atoms with van der Waals surface area (Å²) in [5.41, 5.74) is 15.5. The minimum absolute atomic E-state index is 0. The van der Waals surface area contributed by atoms with Crippen LogP contribution in [0.15, 0.2) is 92.4 Å². The number of aliphatic imine (C=N–C) groups is 2. The van der Waals surface area contributed by atoms with Crippen LogP contribution in [-0.2, 0) is 23.1 Å². The number of anilines is 2. The third kappa shape index (κ3) is 11.3. The number of nitrogens with one attached hydrogen (secondary N) is 3. The average Bonchev–Trinajstić information content (AvgIpc) is 4.11. The van der Waals surface area contributed by atoms with Crippen LogP contribution in [0.25, 0.3) is 0 Å². The van der Waals surface area contributed by atoms with Crippen LogP contribution >= 0.6 is 35.1 Å². The number of hydrogen-bond donors (Lipinski definition) is 5. The van der Waals surface area contributed by atoms with Gasteiger partial charge in [-0.15, -0.1) is 35.1 Å². The molecule has 20 heteroatoms.